The second-order valence-electron chi connectivity index (χ2n) is 4.10. The first kappa shape index (κ1) is 18.3. The summed E-state index contributed by atoms with van der Waals surface area (Å²) in [6.45, 7) is 6.29. The van der Waals surface area contributed by atoms with Crippen molar-refractivity contribution in [3.05, 3.63) is 0 Å². The molecule has 1 rings (SSSR count). The molecular weight excluding hydrogens is 332 g/mol. The third kappa shape index (κ3) is 11.0. The average molecular weight is 357 g/mol. The van der Waals surface area contributed by atoms with Crippen molar-refractivity contribution in [2.45, 2.75) is 12.7 Å². The first-order valence-electron chi connectivity index (χ1n) is 7.03. The van der Waals surface area contributed by atoms with Crippen molar-refractivity contribution in [2.75, 3.05) is 71.4 Å². The molecule has 0 aromatic heterocycles. The van der Waals surface area contributed by atoms with Gasteiger partial charge in [-0.15, -0.1) is 0 Å². The van der Waals surface area contributed by atoms with Crippen LogP contribution in [-0.4, -0.2) is 77.7 Å². The molecule has 0 saturated carbocycles. The number of hydrogen-bond donors (Lipinski definition) is 0. The Labute approximate surface area is 129 Å². The molecule has 1 heterocycles. The number of ether oxygens (including phenoxy) is 6. The number of hydrogen-bond acceptors (Lipinski definition) is 6. The SMILES string of the molecule is BrCCOCCOCCOCCOCCC1OCCO1. The van der Waals surface area contributed by atoms with E-state index in [1.807, 2.05) is 0 Å². The van der Waals surface area contributed by atoms with Gasteiger partial charge >= 0.3 is 0 Å². The van der Waals surface area contributed by atoms with Gasteiger partial charge in [0.15, 0.2) is 6.29 Å². The Hall–Kier alpha value is 0.240. The Morgan fingerprint density at radius 3 is 1.65 bits per heavy atom. The first-order valence-corrected chi connectivity index (χ1v) is 8.16. The summed E-state index contributed by atoms with van der Waals surface area (Å²) < 4.78 is 32.0. The van der Waals surface area contributed by atoms with Crippen molar-refractivity contribution in [2.24, 2.45) is 0 Å². The van der Waals surface area contributed by atoms with Crippen molar-refractivity contribution >= 4 is 15.9 Å². The van der Waals surface area contributed by atoms with Crippen molar-refractivity contribution < 1.29 is 28.4 Å². The Balaban J connectivity index is 1.66. The number of rotatable bonds is 14. The lowest BCUT2D eigenvalue weighted by molar-refractivity contribution is -0.0659. The Morgan fingerprint density at radius 2 is 1.15 bits per heavy atom. The van der Waals surface area contributed by atoms with E-state index >= 15 is 0 Å². The van der Waals surface area contributed by atoms with Crippen molar-refractivity contribution in [1.82, 2.24) is 0 Å². The van der Waals surface area contributed by atoms with Gasteiger partial charge in [-0.05, 0) is 0 Å². The summed E-state index contributed by atoms with van der Waals surface area (Å²) >= 11 is 3.29. The Bertz CT molecular complexity index is 201. The second-order valence-corrected chi connectivity index (χ2v) is 4.89. The fourth-order valence-corrected chi connectivity index (χ4v) is 1.80. The Kier molecular flexibility index (Phi) is 13.0. The van der Waals surface area contributed by atoms with Gasteiger partial charge in [0.05, 0.1) is 66.1 Å². The monoisotopic (exact) mass is 356 g/mol. The molecule has 0 atom stereocenters. The molecule has 0 aliphatic carbocycles. The van der Waals surface area contributed by atoms with E-state index in [0.29, 0.717) is 66.1 Å². The molecule has 0 bridgehead atoms. The summed E-state index contributed by atoms with van der Waals surface area (Å²) in [5.41, 5.74) is 0. The van der Waals surface area contributed by atoms with Gasteiger partial charge < -0.3 is 28.4 Å². The quantitative estimate of drug-likeness (QED) is 0.344. The van der Waals surface area contributed by atoms with Gasteiger partial charge in [-0.1, -0.05) is 15.9 Å². The molecule has 20 heavy (non-hydrogen) atoms. The normalized spacial score (nSPS) is 16.1. The van der Waals surface area contributed by atoms with Gasteiger partial charge in [0.25, 0.3) is 0 Å². The van der Waals surface area contributed by atoms with Gasteiger partial charge in [0, 0.05) is 11.8 Å². The van der Waals surface area contributed by atoms with Crippen LogP contribution in [0.15, 0.2) is 0 Å². The smallest absolute Gasteiger partial charge is 0.160 e. The van der Waals surface area contributed by atoms with Gasteiger partial charge in [-0.2, -0.15) is 0 Å². The van der Waals surface area contributed by atoms with Crippen molar-refractivity contribution in [1.29, 1.82) is 0 Å². The highest BCUT2D eigenvalue weighted by atomic mass is 79.9. The zero-order valence-corrected chi connectivity index (χ0v) is 13.5. The molecule has 1 fully saturated rings. The molecule has 7 heteroatoms. The first-order chi connectivity index (χ1) is 9.93. The van der Waals surface area contributed by atoms with E-state index in [9.17, 15) is 0 Å². The highest BCUT2D eigenvalue weighted by Crippen LogP contribution is 2.07. The van der Waals surface area contributed by atoms with E-state index < -0.39 is 0 Å². The standard InChI is InChI=1S/C13H25BrO6/c14-2-4-16-6-8-18-10-9-17-7-5-15-3-1-13-19-11-12-20-13/h13H,1-12H2. The fraction of sp³-hybridized carbons (Fsp3) is 1.00. The fourth-order valence-electron chi connectivity index (χ4n) is 1.57. The molecule has 0 amide bonds. The lowest BCUT2D eigenvalue weighted by Crippen LogP contribution is -2.14. The topological polar surface area (TPSA) is 55.4 Å². The molecule has 120 valence electrons. The van der Waals surface area contributed by atoms with Gasteiger partial charge in [0.1, 0.15) is 0 Å². The highest BCUT2D eigenvalue weighted by Gasteiger charge is 2.14. The van der Waals surface area contributed by atoms with Crippen LogP contribution in [0.4, 0.5) is 0 Å². The van der Waals surface area contributed by atoms with Crippen LogP contribution in [0.1, 0.15) is 6.42 Å². The minimum absolute atomic E-state index is 0.0870. The molecule has 0 spiro atoms. The maximum absolute atomic E-state index is 5.42. The molecule has 1 aliphatic rings. The zero-order valence-electron chi connectivity index (χ0n) is 11.9. The van der Waals surface area contributed by atoms with E-state index in [1.54, 1.807) is 0 Å². The third-order valence-corrected chi connectivity index (χ3v) is 2.85. The van der Waals surface area contributed by atoms with Crippen molar-refractivity contribution in [3.63, 3.8) is 0 Å². The van der Waals surface area contributed by atoms with Gasteiger partial charge in [-0.25, -0.2) is 0 Å². The maximum atomic E-state index is 5.42. The minimum Gasteiger partial charge on any atom is -0.379 e. The second kappa shape index (κ2) is 14.2. The van der Waals surface area contributed by atoms with E-state index in [0.717, 1.165) is 11.8 Å². The van der Waals surface area contributed by atoms with E-state index in [-0.39, 0.29) is 6.29 Å². The van der Waals surface area contributed by atoms with Crippen LogP contribution >= 0.6 is 15.9 Å². The van der Waals surface area contributed by atoms with E-state index in [1.165, 1.54) is 0 Å². The number of alkyl halides is 1. The van der Waals surface area contributed by atoms with E-state index in [4.69, 9.17) is 28.4 Å². The predicted octanol–water partition coefficient (Wildman–Crippen LogP) is 1.21. The summed E-state index contributed by atoms with van der Waals surface area (Å²) in [5.74, 6) is 0. The molecule has 0 radical (unpaired) electrons. The highest BCUT2D eigenvalue weighted by molar-refractivity contribution is 9.09. The zero-order chi connectivity index (χ0) is 14.3. The molecule has 0 N–H and O–H groups in total. The summed E-state index contributed by atoms with van der Waals surface area (Å²) in [6, 6.07) is 0. The molecule has 1 aliphatic heterocycles. The lowest BCUT2D eigenvalue weighted by Gasteiger charge is -2.09. The van der Waals surface area contributed by atoms with Crippen LogP contribution in [0.2, 0.25) is 0 Å². The van der Waals surface area contributed by atoms with Gasteiger partial charge in [-0.3, -0.25) is 0 Å². The maximum Gasteiger partial charge on any atom is 0.160 e. The lowest BCUT2D eigenvalue weighted by atomic mass is 10.4. The third-order valence-electron chi connectivity index (χ3n) is 2.53. The minimum atomic E-state index is -0.0870. The van der Waals surface area contributed by atoms with Crippen molar-refractivity contribution in [3.8, 4) is 0 Å². The summed E-state index contributed by atoms with van der Waals surface area (Å²) in [7, 11) is 0. The van der Waals surface area contributed by atoms with Crippen LogP contribution in [-0.2, 0) is 28.4 Å². The molecule has 6 nitrogen and oxygen atoms in total. The Morgan fingerprint density at radius 1 is 0.700 bits per heavy atom. The molecule has 0 aromatic carbocycles. The van der Waals surface area contributed by atoms with E-state index in [2.05, 4.69) is 15.9 Å². The van der Waals surface area contributed by atoms with Crippen LogP contribution in [0.25, 0.3) is 0 Å². The molecule has 0 aromatic rings. The summed E-state index contributed by atoms with van der Waals surface area (Å²) in [6.07, 6.45) is 0.688. The van der Waals surface area contributed by atoms with Crippen LogP contribution in [0, 0.1) is 0 Å². The molecule has 1 saturated heterocycles. The molecule has 0 unspecified atom stereocenters. The van der Waals surface area contributed by atoms with Crippen LogP contribution in [0.3, 0.4) is 0 Å². The predicted molar refractivity (Wildman–Crippen MR) is 77.4 cm³/mol. The van der Waals surface area contributed by atoms with Crippen LogP contribution < -0.4 is 0 Å². The largest absolute Gasteiger partial charge is 0.379 e. The molecular formula is C13H25BrO6. The van der Waals surface area contributed by atoms with Crippen LogP contribution in [0.5, 0.6) is 0 Å². The summed E-state index contributed by atoms with van der Waals surface area (Å²) in [4.78, 5) is 0. The van der Waals surface area contributed by atoms with Gasteiger partial charge in [0.2, 0.25) is 0 Å². The number of halogens is 1. The summed E-state index contributed by atoms with van der Waals surface area (Å²) in [5, 5.41) is 0.856. The average Bonchev–Trinajstić information content (AvgIpc) is 2.97.